The van der Waals surface area contributed by atoms with Crippen molar-refractivity contribution in [2.45, 2.75) is 11.8 Å². The molecule has 0 aliphatic heterocycles. The van der Waals surface area contributed by atoms with Crippen LogP contribution < -0.4 is 4.72 Å². The molecule has 2 N–H and O–H groups in total. The van der Waals surface area contributed by atoms with Crippen LogP contribution in [0.15, 0.2) is 47.8 Å². The van der Waals surface area contributed by atoms with Crippen molar-refractivity contribution in [3.63, 3.8) is 0 Å². The van der Waals surface area contributed by atoms with Gasteiger partial charge >= 0.3 is 0 Å². The fourth-order valence-electron chi connectivity index (χ4n) is 2.50. The lowest BCUT2D eigenvalue weighted by molar-refractivity contribution is 0.617. The SMILES string of the molecule is Cc1c(F)ccn2c(NSc3c[nH]c4cc(Cl)ccc34)cnc12. The van der Waals surface area contributed by atoms with Crippen molar-refractivity contribution in [2.24, 2.45) is 0 Å². The molecule has 0 radical (unpaired) electrons. The number of aromatic amines is 1. The highest BCUT2D eigenvalue weighted by atomic mass is 35.5. The molecule has 0 amide bonds. The molecule has 3 heterocycles. The molecular weight excluding hydrogens is 335 g/mol. The predicted molar refractivity (Wildman–Crippen MR) is 92.7 cm³/mol. The first-order chi connectivity index (χ1) is 11.1. The summed E-state index contributed by atoms with van der Waals surface area (Å²) in [5.74, 6) is 0.534. The van der Waals surface area contributed by atoms with Crippen LogP contribution in [-0.4, -0.2) is 14.4 Å². The van der Waals surface area contributed by atoms with Crippen LogP contribution in [0.2, 0.25) is 5.02 Å². The molecule has 1 aromatic carbocycles. The lowest BCUT2D eigenvalue weighted by Crippen LogP contribution is -1.95. The van der Waals surface area contributed by atoms with E-state index in [1.807, 2.05) is 28.8 Å². The van der Waals surface area contributed by atoms with Crippen LogP contribution in [0.3, 0.4) is 0 Å². The zero-order valence-electron chi connectivity index (χ0n) is 12.1. The van der Waals surface area contributed by atoms with Gasteiger partial charge in [0.15, 0.2) is 0 Å². The Morgan fingerprint density at radius 1 is 1.35 bits per heavy atom. The van der Waals surface area contributed by atoms with Gasteiger partial charge < -0.3 is 9.71 Å². The molecule has 4 aromatic rings. The molecule has 0 atom stereocenters. The first kappa shape index (κ1) is 14.4. The Morgan fingerprint density at radius 2 is 2.22 bits per heavy atom. The normalized spacial score (nSPS) is 11.4. The Balaban J connectivity index is 1.65. The molecule has 7 heteroatoms. The minimum absolute atomic E-state index is 0.254. The lowest BCUT2D eigenvalue weighted by atomic mass is 10.2. The first-order valence-corrected chi connectivity index (χ1v) is 8.14. The fraction of sp³-hybridized carbons (Fsp3) is 0.0625. The number of hydrogen-bond donors (Lipinski definition) is 2. The molecule has 4 rings (SSSR count). The third-order valence-electron chi connectivity index (χ3n) is 3.73. The van der Waals surface area contributed by atoms with Gasteiger partial charge in [-0.15, -0.1) is 0 Å². The van der Waals surface area contributed by atoms with E-state index in [0.29, 0.717) is 16.2 Å². The Hall–Kier alpha value is -2.18. The molecule has 0 saturated heterocycles. The highest BCUT2D eigenvalue weighted by molar-refractivity contribution is 8.00. The molecule has 0 fully saturated rings. The van der Waals surface area contributed by atoms with Crippen molar-refractivity contribution in [3.05, 3.63) is 59.3 Å². The highest BCUT2D eigenvalue weighted by Crippen LogP contribution is 2.30. The van der Waals surface area contributed by atoms with Crippen molar-refractivity contribution in [2.75, 3.05) is 4.72 Å². The van der Waals surface area contributed by atoms with Gasteiger partial charge in [-0.05, 0) is 37.1 Å². The predicted octanol–water partition coefficient (Wildman–Crippen LogP) is 5.04. The second-order valence-electron chi connectivity index (χ2n) is 5.17. The quantitative estimate of drug-likeness (QED) is 0.511. The van der Waals surface area contributed by atoms with Crippen LogP contribution in [0.4, 0.5) is 10.2 Å². The summed E-state index contributed by atoms with van der Waals surface area (Å²) in [6.07, 6.45) is 5.29. The summed E-state index contributed by atoms with van der Waals surface area (Å²) in [5, 5.41) is 1.78. The maximum atomic E-state index is 13.6. The zero-order valence-corrected chi connectivity index (χ0v) is 13.7. The fourth-order valence-corrected chi connectivity index (χ4v) is 3.44. The number of anilines is 1. The van der Waals surface area contributed by atoms with Gasteiger partial charge in [0.2, 0.25) is 0 Å². The lowest BCUT2D eigenvalue weighted by Gasteiger charge is -2.05. The number of aromatic nitrogens is 3. The number of nitrogens with zero attached hydrogens (tertiary/aromatic N) is 2. The van der Waals surface area contributed by atoms with E-state index in [9.17, 15) is 4.39 Å². The van der Waals surface area contributed by atoms with Crippen LogP contribution in [-0.2, 0) is 0 Å². The van der Waals surface area contributed by atoms with E-state index in [0.717, 1.165) is 21.6 Å². The van der Waals surface area contributed by atoms with Crippen molar-refractivity contribution in [1.29, 1.82) is 0 Å². The van der Waals surface area contributed by atoms with Gasteiger partial charge in [0, 0.05) is 33.9 Å². The van der Waals surface area contributed by atoms with Crippen LogP contribution in [0.5, 0.6) is 0 Å². The summed E-state index contributed by atoms with van der Waals surface area (Å²) in [7, 11) is 0. The molecule has 0 bridgehead atoms. The Kier molecular flexibility index (Phi) is 3.43. The molecule has 0 aliphatic carbocycles. The number of fused-ring (bicyclic) bond motifs is 2. The van der Waals surface area contributed by atoms with Gasteiger partial charge in [-0.25, -0.2) is 9.37 Å². The molecule has 3 aromatic heterocycles. The molecular formula is C16H12ClFN4S. The van der Waals surface area contributed by atoms with Crippen LogP contribution in [0.1, 0.15) is 5.56 Å². The summed E-state index contributed by atoms with van der Waals surface area (Å²) >= 11 is 7.46. The van der Waals surface area contributed by atoms with Gasteiger partial charge in [-0.2, -0.15) is 0 Å². The minimum atomic E-state index is -0.254. The monoisotopic (exact) mass is 346 g/mol. The third-order valence-corrected chi connectivity index (χ3v) is 4.84. The van der Waals surface area contributed by atoms with E-state index < -0.39 is 0 Å². The van der Waals surface area contributed by atoms with Crippen LogP contribution in [0.25, 0.3) is 16.6 Å². The zero-order chi connectivity index (χ0) is 16.0. The maximum absolute atomic E-state index is 13.6. The second kappa shape index (κ2) is 5.47. The van der Waals surface area contributed by atoms with E-state index in [2.05, 4.69) is 14.7 Å². The molecule has 0 aliphatic rings. The summed E-state index contributed by atoms with van der Waals surface area (Å²) < 4.78 is 18.7. The first-order valence-electron chi connectivity index (χ1n) is 6.95. The largest absolute Gasteiger partial charge is 0.360 e. The smallest absolute Gasteiger partial charge is 0.144 e. The molecule has 0 saturated carbocycles. The Bertz CT molecular complexity index is 1020. The van der Waals surface area contributed by atoms with Gasteiger partial charge in [0.05, 0.1) is 11.1 Å². The van der Waals surface area contributed by atoms with Gasteiger partial charge in [-0.3, -0.25) is 4.40 Å². The topological polar surface area (TPSA) is 45.1 Å². The molecule has 4 nitrogen and oxygen atoms in total. The highest BCUT2D eigenvalue weighted by Gasteiger charge is 2.10. The number of hydrogen-bond acceptors (Lipinski definition) is 3. The number of benzene rings is 1. The van der Waals surface area contributed by atoms with Crippen LogP contribution in [0, 0.1) is 12.7 Å². The number of pyridine rings is 1. The third kappa shape index (κ3) is 2.44. The minimum Gasteiger partial charge on any atom is -0.360 e. The summed E-state index contributed by atoms with van der Waals surface area (Å²) in [6.45, 7) is 1.72. The second-order valence-corrected chi connectivity index (χ2v) is 6.46. The van der Waals surface area contributed by atoms with E-state index >= 15 is 0 Å². The number of halogens is 2. The van der Waals surface area contributed by atoms with E-state index in [1.54, 1.807) is 19.3 Å². The maximum Gasteiger partial charge on any atom is 0.144 e. The van der Waals surface area contributed by atoms with Gasteiger partial charge in [-0.1, -0.05) is 17.7 Å². The average molecular weight is 347 g/mol. The summed E-state index contributed by atoms with van der Waals surface area (Å²) in [6, 6.07) is 7.17. The summed E-state index contributed by atoms with van der Waals surface area (Å²) in [5.41, 5.74) is 2.13. The summed E-state index contributed by atoms with van der Waals surface area (Å²) in [4.78, 5) is 8.52. The van der Waals surface area contributed by atoms with Crippen molar-refractivity contribution < 1.29 is 4.39 Å². The molecule has 0 spiro atoms. The Labute approximate surface area is 140 Å². The van der Waals surface area contributed by atoms with Crippen molar-refractivity contribution in [3.8, 4) is 0 Å². The van der Waals surface area contributed by atoms with Crippen molar-refractivity contribution in [1.82, 2.24) is 14.4 Å². The van der Waals surface area contributed by atoms with E-state index in [-0.39, 0.29) is 5.82 Å². The number of imidazole rings is 1. The number of nitrogens with one attached hydrogen (secondary N) is 2. The number of rotatable bonds is 3. The van der Waals surface area contributed by atoms with E-state index in [4.69, 9.17) is 11.6 Å². The molecule has 23 heavy (non-hydrogen) atoms. The number of aryl methyl sites for hydroxylation is 1. The standard InChI is InChI=1S/C16H12ClFN4S/c1-9-12(18)4-5-22-15(8-20-16(9)22)21-23-14-7-19-13-6-10(17)2-3-11(13)14/h2-8,19,21H,1H3. The average Bonchev–Trinajstić information content (AvgIpc) is 3.12. The van der Waals surface area contributed by atoms with Crippen LogP contribution >= 0.6 is 23.5 Å². The molecule has 0 unspecified atom stereocenters. The van der Waals surface area contributed by atoms with E-state index in [1.165, 1.54) is 18.0 Å². The number of H-pyrrole nitrogens is 1. The van der Waals surface area contributed by atoms with Gasteiger partial charge in [0.1, 0.15) is 17.3 Å². The van der Waals surface area contributed by atoms with Crippen molar-refractivity contribution >= 4 is 45.9 Å². The Morgan fingerprint density at radius 3 is 3.09 bits per heavy atom. The van der Waals surface area contributed by atoms with Gasteiger partial charge in [0.25, 0.3) is 0 Å². The molecule has 116 valence electrons.